The summed E-state index contributed by atoms with van der Waals surface area (Å²) in [5.41, 5.74) is 1.03. The number of nitriles is 1. The number of benzene rings is 2. The molecule has 0 saturated carbocycles. The van der Waals surface area contributed by atoms with Crippen LogP contribution in [0, 0.1) is 17.1 Å². The van der Waals surface area contributed by atoms with Gasteiger partial charge in [0, 0.05) is 39.7 Å². The molecular weight excluding hydrogens is 317 g/mol. The third-order valence-corrected chi connectivity index (χ3v) is 3.96. The fraction of sp³-hybridized carbons (Fsp3) is 0.125. The summed E-state index contributed by atoms with van der Waals surface area (Å²) in [6.07, 6.45) is 1.55. The zero-order chi connectivity index (χ0) is 16.8. The Hall–Kier alpha value is -2.72. The number of urea groups is 1. The second-order valence-electron chi connectivity index (χ2n) is 4.71. The second kappa shape index (κ2) is 7.51. The van der Waals surface area contributed by atoms with Crippen molar-refractivity contribution in [2.45, 2.75) is 11.4 Å². The van der Waals surface area contributed by atoms with Gasteiger partial charge in [-0.1, -0.05) is 6.07 Å². The van der Waals surface area contributed by atoms with E-state index in [1.54, 1.807) is 30.5 Å². The summed E-state index contributed by atoms with van der Waals surface area (Å²) in [5.74, 6) is -0.493. The van der Waals surface area contributed by atoms with Crippen LogP contribution in [0.3, 0.4) is 0 Å². The van der Waals surface area contributed by atoms with Gasteiger partial charge in [0.1, 0.15) is 5.82 Å². The summed E-state index contributed by atoms with van der Waals surface area (Å²) in [5, 5.41) is 13.9. The van der Waals surface area contributed by atoms with Crippen molar-refractivity contribution in [3.05, 3.63) is 59.4 Å². The maximum atomic E-state index is 13.6. The average molecular weight is 331 g/mol. The molecule has 2 amide bonds. The third-order valence-electron chi connectivity index (χ3n) is 3.04. The number of hydrogen-bond donors (Lipinski definition) is 2. The molecule has 5 nitrogen and oxygen atoms in total. The van der Waals surface area contributed by atoms with E-state index in [4.69, 9.17) is 5.26 Å². The number of anilines is 1. The first-order chi connectivity index (χ1) is 11.0. The van der Waals surface area contributed by atoms with E-state index >= 15 is 0 Å². The quantitative estimate of drug-likeness (QED) is 0.904. The van der Waals surface area contributed by atoms with Crippen LogP contribution < -0.4 is 10.6 Å². The van der Waals surface area contributed by atoms with Crippen molar-refractivity contribution in [2.24, 2.45) is 0 Å². The lowest BCUT2D eigenvalue weighted by molar-refractivity contribution is 0.251. The Morgan fingerprint density at radius 1 is 1.30 bits per heavy atom. The molecule has 2 aromatic rings. The molecule has 1 atom stereocenters. The first-order valence-corrected chi connectivity index (χ1v) is 8.22. The van der Waals surface area contributed by atoms with Gasteiger partial charge in [0.05, 0.1) is 11.6 Å². The van der Waals surface area contributed by atoms with Crippen molar-refractivity contribution in [1.29, 1.82) is 5.26 Å². The third kappa shape index (κ3) is 4.63. The Bertz CT molecular complexity index is 802. The number of rotatable bonds is 4. The molecule has 7 heteroatoms. The summed E-state index contributed by atoms with van der Waals surface area (Å²) < 4.78 is 25.0. The van der Waals surface area contributed by atoms with E-state index < -0.39 is 22.6 Å². The lowest BCUT2D eigenvalue weighted by Crippen LogP contribution is -2.28. The molecule has 0 aliphatic heterocycles. The maximum Gasteiger partial charge on any atom is 0.319 e. The number of carbonyl (C=O) groups is 1. The van der Waals surface area contributed by atoms with Crippen molar-refractivity contribution >= 4 is 22.5 Å². The minimum atomic E-state index is -1.15. The average Bonchev–Trinajstić information content (AvgIpc) is 2.54. The van der Waals surface area contributed by atoms with Crippen LogP contribution in [0.1, 0.15) is 11.1 Å². The summed E-state index contributed by atoms with van der Waals surface area (Å²) in [7, 11) is -1.15. The molecule has 0 bridgehead atoms. The topological polar surface area (TPSA) is 82.0 Å². The van der Waals surface area contributed by atoms with Crippen LogP contribution >= 0.6 is 0 Å². The number of nitrogens with zero attached hydrogens (tertiary/aromatic N) is 1. The van der Waals surface area contributed by atoms with E-state index in [0.717, 1.165) is 0 Å². The molecule has 118 valence electrons. The van der Waals surface area contributed by atoms with E-state index in [9.17, 15) is 13.4 Å². The second-order valence-corrected chi connectivity index (χ2v) is 6.09. The summed E-state index contributed by atoms with van der Waals surface area (Å²) in [6, 6.07) is 12.0. The highest BCUT2D eigenvalue weighted by Crippen LogP contribution is 2.13. The molecule has 0 heterocycles. The maximum absolute atomic E-state index is 13.6. The minimum Gasteiger partial charge on any atom is -0.334 e. The summed E-state index contributed by atoms with van der Waals surface area (Å²) in [6.45, 7) is -0.0490. The molecule has 2 N–H and O–H groups in total. The van der Waals surface area contributed by atoms with E-state index in [-0.39, 0.29) is 12.1 Å². The van der Waals surface area contributed by atoms with Crippen LogP contribution in [0.15, 0.2) is 47.4 Å². The standard InChI is InChI=1S/C16H14FN3O2S/c1-23(22)14-4-2-3-13(8-14)20-16(21)19-10-12-7-11(9-18)5-6-15(12)17/h2-8H,10H2,1H3,(H2,19,20,21)/t23-/m1/s1. The fourth-order valence-corrected chi connectivity index (χ4v) is 2.45. The highest BCUT2D eigenvalue weighted by molar-refractivity contribution is 7.84. The van der Waals surface area contributed by atoms with E-state index in [0.29, 0.717) is 16.1 Å². The smallest absolute Gasteiger partial charge is 0.319 e. The van der Waals surface area contributed by atoms with Gasteiger partial charge in [-0.3, -0.25) is 4.21 Å². The van der Waals surface area contributed by atoms with E-state index in [2.05, 4.69) is 10.6 Å². The Morgan fingerprint density at radius 3 is 2.78 bits per heavy atom. The predicted octanol–water partition coefficient (Wildman–Crippen LogP) is 2.76. The fourth-order valence-electron chi connectivity index (χ4n) is 1.88. The molecule has 2 rings (SSSR count). The molecular formula is C16H14FN3O2S. The lowest BCUT2D eigenvalue weighted by atomic mass is 10.1. The van der Waals surface area contributed by atoms with Crippen molar-refractivity contribution in [2.75, 3.05) is 11.6 Å². The Labute approximate surface area is 135 Å². The van der Waals surface area contributed by atoms with Crippen molar-refractivity contribution in [3.63, 3.8) is 0 Å². The SMILES string of the molecule is C[S@@](=O)c1cccc(NC(=O)NCc2cc(C#N)ccc2F)c1. The van der Waals surface area contributed by atoms with Crippen LogP contribution in [0.2, 0.25) is 0 Å². The van der Waals surface area contributed by atoms with Crippen LogP contribution in [-0.2, 0) is 17.3 Å². The van der Waals surface area contributed by atoms with Crippen LogP contribution in [0.4, 0.5) is 14.9 Å². The Balaban J connectivity index is 1.99. The normalized spacial score (nSPS) is 11.3. The molecule has 0 aromatic heterocycles. The van der Waals surface area contributed by atoms with Gasteiger partial charge >= 0.3 is 6.03 Å². The highest BCUT2D eigenvalue weighted by Gasteiger charge is 2.07. The summed E-state index contributed by atoms with van der Waals surface area (Å²) >= 11 is 0. The van der Waals surface area contributed by atoms with Gasteiger partial charge < -0.3 is 10.6 Å². The highest BCUT2D eigenvalue weighted by atomic mass is 32.2. The van der Waals surface area contributed by atoms with Crippen LogP contribution in [-0.4, -0.2) is 16.5 Å². The molecule has 0 unspecified atom stereocenters. The Morgan fingerprint density at radius 2 is 2.09 bits per heavy atom. The van der Waals surface area contributed by atoms with Gasteiger partial charge in [-0.05, 0) is 36.4 Å². The molecule has 0 fully saturated rings. The summed E-state index contributed by atoms with van der Waals surface area (Å²) in [4.78, 5) is 12.4. The van der Waals surface area contributed by atoms with Gasteiger partial charge in [0.25, 0.3) is 0 Å². The molecule has 2 aromatic carbocycles. The molecule has 23 heavy (non-hydrogen) atoms. The molecule has 0 radical (unpaired) electrons. The predicted molar refractivity (Wildman–Crippen MR) is 85.7 cm³/mol. The molecule has 0 aliphatic rings. The number of carbonyl (C=O) groups excluding carboxylic acids is 1. The van der Waals surface area contributed by atoms with E-state index in [1.165, 1.54) is 18.2 Å². The molecule has 0 saturated heterocycles. The largest absolute Gasteiger partial charge is 0.334 e. The molecule has 0 spiro atoms. The van der Waals surface area contributed by atoms with Crippen molar-refractivity contribution < 1.29 is 13.4 Å². The Kier molecular flexibility index (Phi) is 5.44. The minimum absolute atomic E-state index is 0.0490. The van der Waals surface area contributed by atoms with Crippen molar-refractivity contribution in [3.8, 4) is 6.07 Å². The number of hydrogen-bond acceptors (Lipinski definition) is 3. The number of halogens is 1. The van der Waals surface area contributed by atoms with Gasteiger partial charge in [-0.2, -0.15) is 5.26 Å². The van der Waals surface area contributed by atoms with Crippen LogP contribution in [0.5, 0.6) is 0 Å². The number of amides is 2. The van der Waals surface area contributed by atoms with E-state index in [1.807, 2.05) is 6.07 Å². The first-order valence-electron chi connectivity index (χ1n) is 6.66. The number of nitrogens with one attached hydrogen (secondary N) is 2. The van der Waals surface area contributed by atoms with Gasteiger partial charge in [-0.25, -0.2) is 9.18 Å². The van der Waals surface area contributed by atoms with Gasteiger partial charge in [0.15, 0.2) is 0 Å². The molecule has 0 aliphatic carbocycles. The first kappa shape index (κ1) is 16.6. The van der Waals surface area contributed by atoms with Gasteiger partial charge in [-0.15, -0.1) is 0 Å². The lowest BCUT2D eigenvalue weighted by Gasteiger charge is -2.09. The zero-order valence-corrected chi connectivity index (χ0v) is 13.1. The zero-order valence-electron chi connectivity index (χ0n) is 12.3. The van der Waals surface area contributed by atoms with Crippen molar-refractivity contribution in [1.82, 2.24) is 5.32 Å². The van der Waals surface area contributed by atoms with Gasteiger partial charge in [0.2, 0.25) is 0 Å². The monoisotopic (exact) mass is 331 g/mol. The van der Waals surface area contributed by atoms with Crippen LogP contribution in [0.25, 0.3) is 0 Å².